The van der Waals surface area contributed by atoms with Gasteiger partial charge in [0.1, 0.15) is 11.5 Å². The van der Waals surface area contributed by atoms with Gasteiger partial charge in [0, 0.05) is 6.42 Å². The van der Waals surface area contributed by atoms with E-state index in [1.807, 2.05) is 24.3 Å². The molecule has 2 aromatic carbocycles. The third kappa shape index (κ3) is 14.0. The Kier molecular flexibility index (Phi) is 16.9. The molecule has 2 heteroatoms. The summed E-state index contributed by atoms with van der Waals surface area (Å²) < 4.78 is 0. The van der Waals surface area contributed by atoms with Gasteiger partial charge in [-0.3, -0.25) is 0 Å². The van der Waals surface area contributed by atoms with Crippen molar-refractivity contribution in [2.75, 3.05) is 0 Å². The van der Waals surface area contributed by atoms with Gasteiger partial charge in [0.15, 0.2) is 0 Å². The van der Waals surface area contributed by atoms with Crippen molar-refractivity contribution in [3.8, 4) is 11.5 Å². The summed E-state index contributed by atoms with van der Waals surface area (Å²) in [5.41, 5.74) is 4.20. The van der Waals surface area contributed by atoms with Crippen molar-refractivity contribution < 1.29 is 10.2 Å². The number of phenolic OH excluding ortho intramolecular Hbond substituents is 2. The molecule has 0 saturated carbocycles. The first-order valence-electron chi connectivity index (χ1n) is 15.8. The highest BCUT2D eigenvalue weighted by molar-refractivity contribution is 5.44. The second kappa shape index (κ2) is 20.1. The number of hydrogen-bond acceptors (Lipinski definition) is 2. The minimum atomic E-state index is 0.353. The number of hydrogen-bond donors (Lipinski definition) is 2. The Bertz CT molecular complexity index is 772. The highest BCUT2D eigenvalue weighted by atomic mass is 16.3. The van der Waals surface area contributed by atoms with Gasteiger partial charge < -0.3 is 10.2 Å². The summed E-state index contributed by atoms with van der Waals surface area (Å²) in [5, 5.41) is 21.2. The van der Waals surface area contributed by atoms with Crippen LogP contribution in [0.3, 0.4) is 0 Å². The second-order valence-corrected chi connectivity index (χ2v) is 11.3. The summed E-state index contributed by atoms with van der Waals surface area (Å²) in [6, 6.07) is 12.2. The molecule has 0 aliphatic carbocycles. The minimum Gasteiger partial charge on any atom is -0.508 e. The van der Waals surface area contributed by atoms with E-state index in [1.165, 1.54) is 127 Å². The standard InChI is InChI=1S/C35H56O2/c1-3-5-7-9-11-13-15-17-19-21-30-23-25-32(34(36)27-30)29-33-26-24-31(28-35(33)37)22-20-18-16-14-12-10-8-6-4-2/h23-28,36-37H,3-22,29H2,1-2H3. The summed E-state index contributed by atoms with van der Waals surface area (Å²) in [4.78, 5) is 0. The van der Waals surface area contributed by atoms with Crippen LogP contribution in [0, 0.1) is 0 Å². The summed E-state index contributed by atoms with van der Waals surface area (Å²) in [6.45, 7) is 4.54. The van der Waals surface area contributed by atoms with Crippen molar-refractivity contribution >= 4 is 0 Å². The molecule has 0 radical (unpaired) electrons. The molecule has 0 bridgehead atoms. The summed E-state index contributed by atoms with van der Waals surface area (Å²) in [6.07, 6.45) is 26.6. The number of aromatic hydroxyl groups is 2. The van der Waals surface area contributed by atoms with E-state index in [0.717, 1.165) is 24.0 Å². The van der Waals surface area contributed by atoms with Crippen LogP contribution in [0.2, 0.25) is 0 Å². The number of rotatable bonds is 22. The Morgan fingerprint density at radius 3 is 1.08 bits per heavy atom. The van der Waals surface area contributed by atoms with E-state index in [-0.39, 0.29) is 0 Å². The lowest BCUT2D eigenvalue weighted by Gasteiger charge is -2.11. The summed E-state index contributed by atoms with van der Waals surface area (Å²) in [7, 11) is 0. The van der Waals surface area contributed by atoms with Gasteiger partial charge in [-0.1, -0.05) is 141 Å². The SMILES string of the molecule is CCCCCCCCCCCc1ccc(Cc2ccc(CCCCCCCCCCC)cc2O)c(O)c1. The fraction of sp³-hybridized carbons (Fsp3) is 0.657. The normalized spacial score (nSPS) is 11.3. The van der Waals surface area contributed by atoms with Crippen molar-refractivity contribution in [3.63, 3.8) is 0 Å². The molecule has 0 spiro atoms. The predicted molar refractivity (Wildman–Crippen MR) is 161 cm³/mol. The van der Waals surface area contributed by atoms with Crippen LogP contribution in [0.25, 0.3) is 0 Å². The molecule has 2 rings (SSSR count). The molecule has 0 fully saturated rings. The van der Waals surface area contributed by atoms with E-state index in [0.29, 0.717) is 17.9 Å². The molecule has 0 atom stereocenters. The maximum atomic E-state index is 10.6. The van der Waals surface area contributed by atoms with Gasteiger partial charge in [0.25, 0.3) is 0 Å². The quantitative estimate of drug-likeness (QED) is 0.155. The lowest BCUT2D eigenvalue weighted by atomic mass is 9.97. The number of unbranched alkanes of at least 4 members (excludes halogenated alkanes) is 16. The predicted octanol–water partition coefficient (Wildman–Crippen LogP) is 10.8. The van der Waals surface area contributed by atoms with E-state index < -0.39 is 0 Å². The third-order valence-corrected chi connectivity index (χ3v) is 7.82. The zero-order valence-electron chi connectivity index (χ0n) is 24.2. The molecule has 0 unspecified atom stereocenters. The average molecular weight is 509 g/mol. The van der Waals surface area contributed by atoms with E-state index in [4.69, 9.17) is 0 Å². The molecule has 2 aromatic rings. The molecular formula is C35H56O2. The van der Waals surface area contributed by atoms with Crippen LogP contribution in [0.1, 0.15) is 152 Å². The van der Waals surface area contributed by atoms with Gasteiger partial charge in [0.2, 0.25) is 0 Å². The second-order valence-electron chi connectivity index (χ2n) is 11.3. The van der Waals surface area contributed by atoms with Crippen LogP contribution in [0.15, 0.2) is 36.4 Å². The first-order valence-corrected chi connectivity index (χ1v) is 15.8. The molecule has 2 nitrogen and oxygen atoms in total. The molecule has 37 heavy (non-hydrogen) atoms. The lowest BCUT2D eigenvalue weighted by molar-refractivity contribution is 0.462. The average Bonchev–Trinajstić information content (AvgIpc) is 2.89. The highest BCUT2D eigenvalue weighted by Gasteiger charge is 2.09. The Balaban J connectivity index is 1.66. The monoisotopic (exact) mass is 508 g/mol. The van der Waals surface area contributed by atoms with E-state index in [1.54, 1.807) is 0 Å². The fourth-order valence-corrected chi connectivity index (χ4v) is 5.31. The first kappa shape index (κ1) is 31.3. The van der Waals surface area contributed by atoms with Crippen molar-refractivity contribution in [1.29, 1.82) is 0 Å². The first-order chi connectivity index (χ1) is 18.1. The molecule has 0 aliphatic heterocycles. The summed E-state index contributed by atoms with van der Waals surface area (Å²) in [5.74, 6) is 0.707. The molecule has 0 heterocycles. The van der Waals surface area contributed by atoms with Crippen molar-refractivity contribution in [3.05, 3.63) is 58.7 Å². The lowest BCUT2D eigenvalue weighted by Crippen LogP contribution is -1.94. The van der Waals surface area contributed by atoms with Crippen LogP contribution in [-0.2, 0) is 19.3 Å². The Morgan fingerprint density at radius 2 is 0.757 bits per heavy atom. The number of benzene rings is 2. The number of aryl methyl sites for hydroxylation is 2. The van der Waals surface area contributed by atoms with E-state index >= 15 is 0 Å². The highest BCUT2D eigenvalue weighted by Crippen LogP contribution is 2.28. The minimum absolute atomic E-state index is 0.353. The van der Waals surface area contributed by atoms with Gasteiger partial charge in [0.05, 0.1) is 0 Å². The van der Waals surface area contributed by atoms with Crippen LogP contribution < -0.4 is 0 Å². The Morgan fingerprint density at radius 1 is 0.432 bits per heavy atom. The molecule has 2 N–H and O–H groups in total. The van der Waals surface area contributed by atoms with Crippen LogP contribution >= 0.6 is 0 Å². The van der Waals surface area contributed by atoms with Gasteiger partial charge in [-0.25, -0.2) is 0 Å². The van der Waals surface area contributed by atoms with Gasteiger partial charge >= 0.3 is 0 Å². The van der Waals surface area contributed by atoms with Crippen LogP contribution in [-0.4, -0.2) is 10.2 Å². The Labute approximate surface area is 228 Å². The maximum absolute atomic E-state index is 10.6. The topological polar surface area (TPSA) is 40.5 Å². The number of phenols is 2. The van der Waals surface area contributed by atoms with E-state index in [9.17, 15) is 10.2 Å². The van der Waals surface area contributed by atoms with E-state index in [2.05, 4.69) is 26.0 Å². The fourth-order valence-electron chi connectivity index (χ4n) is 5.31. The van der Waals surface area contributed by atoms with Gasteiger partial charge in [-0.15, -0.1) is 0 Å². The maximum Gasteiger partial charge on any atom is 0.119 e. The molecule has 0 amide bonds. The van der Waals surface area contributed by atoms with Crippen molar-refractivity contribution in [2.45, 2.75) is 149 Å². The molecule has 0 aromatic heterocycles. The Hall–Kier alpha value is -1.96. The van der Waals surface area contributed by atoms with Crippen molar-refractivity contribution in [1.82, 2.24) is 0 Å². The molecule has 0 saturated heterocycles. The molecule has 208 valence electrons. The van der Waals surface area contributed by atoms with Crippen LogP contribution in [0.5, 0.6) is 11.5 Å². The smallest absolute Gasteiger partial charge is 0.119 e. The third-order valence-electron chi connectivity index (χ3n) is 7.82. The molecular weight excluding hydrogens is 452 g/mol. The zero-order chi connectivity index (χ0) is 26.6. The summed E-state index contributed by atoms with van der Waals surface area (Å²) >= 11 is 0. The van der Waals surface area contributed by atoms with Crippen molar-refractivity contribution in [2.24, 2.45) is 0 Å². The van der Waals surface area contributed by atoms with Gasteiger partial charge in [-0.05, 0) is 60.1 Å². The zero-order valence-corrected chi connectivity index (χ0v) is 24.2. The van der Waals surface area contributed by atoms with Crippen LogP contribution in [0.4, 0.5) is 0 Å². The largest absolute Gasteiger partial charge is 0.508 e. The molecule has 0 aliphatic rings. The van der Waals surface area contributed by atoms with Gasteiger partial charge in [-0.2, -0.15) is 0 Å².